The Morgan fingerprint density at radius 1 is 1.21 bits per heavy atom. The lowest BCUT2D eigenvalue weighted by Crippen LogP contribution is -2.34. The van der Waals surface area contributed by atoms with Gasteiger partial charge in [0.25, 0.3) is 0 Å². The molecule has 0 unspecified atom stereocenters. The van der Waals surface area contributed by atoms with Gasteiger partial charge in [0, 0.05) is 6.20 Å². The number of fused-ring (bicyclic) bond motifs is 1. The summed E-state index contributed by atoms with van der Waals surface area (Å²) < 4.78 is 20.9. The highest BCUT2D eigenvalue weighted by atomic mass is 35.5. The van der Waals surface area contributed by atoms with E-state index < -0.39 is 36.5 Å². The van der Waals surface area contributed by atoms with Crippen molar-refractivity contribution in [2.45, 2.75) is 30.6 Å². The van der Waals surface area contributed by atoms with Gasteiger partial charge in [-0.1, -0.05) is 17.7 Å². The van der Waals surface area contributed by atoms with E-state index in [9.17, 15) is 19.7 Å². The number of nitrogens with two attached hydrogens (primary N) is 1. The second-order valence-corrected chi connectivity index (χ2v) is 6.72. The van der Waals surface area contributed by atoms with Crippen LogP contribution < -0.4 is 5.73 Å². The molecule has 5 atom stereocenters. The average Bonchev–Trinajstić information content (AvgIpc) is 3.20. The number of aliphatic hydroxyl groups is 3. The third kappa shape index (κ3) is 3.20. The van der Waals surface area contributed by atoms with Crippen LogP contribution in [-0.2, 0) is 4.74 Å². The molecule has 150 valence electrons. The molecule has 0 radical (unpaired) electrons. The van der Waals surface area contributed by atoms with E-state index in [4.69, 9.17) is 22.1 Å². The van der Waals surface area contributed by atoms with Gasteiger partial charge in [0.05, 0.1) is 10.4 Å². The van der Waals surface area contributed by atoms with Gasteiger partial charge >= 0.3 is 0 Å². The lowest BCUT2D eigenvalue weighted by molar-refractivity contribution is -0.0848. The highest BCUT2D eigenvalue weighted by Gasteiger charge is 2.47. The number of halogens is 2. The molecule has 2 aromatic heterocycles. The normalized spacial score (nSPS) is 25.6. The fourth-order valence-electron chi connectivity index (χ4n) is 3.26. The molecule has 4 rings (SSSR count). The van der Waals surface area contributed by atoms with Crippen LogP contribution >= 0.6 is 11.6 Å². The van der Waals surface area contributed by atoms with Crippen LogP contribution in [0, 0.1) is 5.82 Å². The summed E-state index contributed by atoms with van der Waals surface area (Å²) in [6.45, 7) is 0. The van der Waals surface area contributed by atoms with Crippen molar-refractivity contribution in [3.8, 4) is 0 Å². The molecule has 1 aliphatic rings. The van der Waals surface area contributed by atoms with Gasteiger partial charge in [-0.25, -0.2) is 14.4 Å². The highest BCUT2D eigenvalue weighted by molar-refractivity contribution is 6.30. The van der Waals surface area contributed by atoms with Crippen molar-refractivity contribution in [1.29, 1.82) is 0 Å². The first-order valence-corrected chi connectivity index (χ1v) is 8.48. The smallest absolute Gasteiger partial charge is 0.164 e. The molecule has 0 spiro atoms. The Kier molecular flexibility index (Phi) is 5.53. The van der Waals surface area contributed by atoms with E-state index in [1.54, 1.807) is 12.3 Å². The topological polar surface area (TPSA) is 158 Å². The van der Waals surface area contributed by atoms with Gasteiger partial charge in [0.1, 0.15) is 48.0 Å². The SMILES string of the molecule is Nc1ncnc2c1ccn2[C@@H]1O[C@H]([C@H](O)c2ccc(Cl)c(F)c2)[C@@H](O)[C@H]1O.O. The standard InChI is InChI=1S/C17H16ClFN4O4.H2O/c18-9-2-1-7(5-10(9)19)11(24)14-12(25)13(26)17(27-14)23-4-3-8-15(20)21-6-22-16(8)23;/h1-6,11-14,17,24-26H,(H2,20,21,22);1H2/t11-,12+,13-,14-,17-;/m1./s1. The van der Waals surface area contributed by atoms with E-state index in [0.29, 0.717) is 11.0 Å². The van der Waals surface area contributed by atoms with E-state index in [1.165, 1.54) is 23.0 Å². The minimum Gasteiger partial charge on any atom is -0.412 e. The summed E-state index contributed by atoms with van der Waals surface area (Å²) in [4.78, 5) is 8.02. The molecule has 1 saturated heterocycles. The van der Waals surface area contributed by atoms with Crippen molar-refractivity contribution >= 4 is 28.5 Å². The molecule has 3 aromatic rings. The number of aromatic nitrogens is 3. The fraction of sp³-hybridized carbons (Fsp3) is 0.294. The van der Waals surface area contributed by atoms with Crippen molar-refractivity contribution in [3.05, 3.63) is 53.2 Å². The fourth-order valence-corrected chi connectivity index (χ4v) is 3.38. The van der Waals surface area contributed by atoms with Crippen LogP contribution in [-0.4, -0.2) is 53.6 Å². The van der Waals surface area contributed by atoms with Crippen molar-refractivity contribution in [1.82, 2.24) is 14.5 Å². The predicted octanol–water partition coefficient (Wildman–Crippen LogP) is 0.334. The third-order valence-electron chi connectivity index (χ3n) is 4.69. The maximum Gasteiger partial charge on any atom is 0.164 e. The van der Waals surface area contributed by atoms with E-state index in [1.807, 2.05) is 0 Å². The number of benzene rings is 1. The van der Waals surface area contributed by atoms with Crippen LogP contribution in [0.5, 0.6) is 0 Å². The van der Waals surface area contributed by atoms with Crippen molar-refractivity contribution in [3.63, 3.8) is 0 Å². The summed E-state index contributed by atoms with van der Waals surface area (Å²) in [7, 11) is 0. The van der Waals surface area contributed by atoms with Crippen LogP contribution in [0.2, 0.25) is 5.02 Å². The van der Waals surface area contributed by atoms with Crippen LogP contribution in [0.4, 0.5) is 10.2 Å². The van der Waals surface area contributed by atoms with Crippen LogP contribution in [0.15, 0.2) is 36.8 Å². The highest BCUT2D eigenvalue weighted by Crippen LogP contribution is 2.38. The van der Waals surface area contributed by atoms with Crippen molar-refractivity contribution in [2.24, 2.45) is 0 Å². The average molecular weight is 413 g/mol. The summed E-state index contributed by atoms with van der Waals surface area (Å²) in [5.41, 5.74) is 6.38. The molecule has 1 fully saturated rings. The zero-order valence-electron chi connectivity index (χ0n) is 14.3. The summed E-state index contributed by atoms with van der Waals surface area (Å²) in [6, 6.07) is 5.43. The van der Waals surface area contributed by atoms with Gasteiger partial charge in [-0.2, -0.15) is 0 Å². The Labute approximate surface area is 163 Å². The van der Waals surface area contributed by atoms with Crippen molar-refractivity contribution in [2.75, 3.05) is 5.73 Å². The number of rotatable bonds is 3. The molecule has 0 bridgehead atoms. The molecule has 1 aromatic carbocycles. The largest absolute Gasteiger partial charge is 0.412 e. The van der Waals surface area contributed by atoms with Gasteiger partial charge in [-0.05, 0) is 23.8 Å². The molecule has 9 nitrogen and oxygen atoms in total. The molecule has 1 aliphatic heterocycles. The lowest BCUT2D eigenvalue weighted by atomic mass is 9.99. The molecule has 28 heavy (non-hydrogen) atoms. The third-order valence-corrected chi connectivity index (χ3v) is 4.99. The summed E-state index contributed by atoms with van der Waals surface area (Å²) in [6.07, 6.45) is -3.50. The first-order chi connectivity index (χ1) is 12.9. The Bertz CT molecular complexity index is 1000. The number of ether oxygens (including phenoxy) is 1. The Morgan fingerprint density at radius 2 is 1.96 bits per heavy atom. The Balaban J connectivity index is 0.00000225. The summed E-state index contributed by atoms with van der Waals surface area (Å²) in [5.74, 6) is -0.443. The van der Waals surface area contributed by atoms with Crippen LogP contribution in [0.1, 0.15) is 17.9 Å². The molecule has 11 heteroatoms. The van der Waals surface area contributed by atoms with Gasteiger partial charge in [-0.3, -0.25) is 0 Å². The molecular weight excluding hydrogens is 395 g/mol. The number of nitrogens with zero attached hydrogens (tertiary/aromatic N) is 3. The molecule has 3 heterocycles. The molecule has 0 amide bonds. The van der Waals surface area contributed by atoms with Crippen molar-refractivity contribution < 1.29 is 29.9 Å². The monoisotopic (exact) mass is 412 g/mol. The minimum atomic E-state index is -1.42. The number of hydrogen-bond donors (Lipinski definition) is 4. The van der Waals surface area contributed by atoms with Gasteiger partial charge in [0.2, 0.25) is 0 Å². The maximum atomic E-state index is 13.7. The molecule has 0 aliphatic carbocycles. The quantitative estimate of drug-likeness (QED) is 0.482. The first kappa shape index (κ1) is 20.4. The zero-order valence-corrected chi connectivity index (χ0v) is 15.0. The maximum absolute atomic E-state index is 13.7. The molecule has 7 N–H and O–H groups in total. The number of anilines is 1. The first-order valence-electron chi connectivity index (χ1n) is 8.10. The van der Waals surface area contributed by atoms with E-state index in [-0.39, 0.29) is 21.9 Å². The second kappa shape index (κ2) is 7.59. The molecule has 0 saturated carbocycles. The second-order valence-electron chi connectivity index (χ2n) is 6.31. The number of aliphatic hydroxyl groups excluding tert-OH is 3. The van der Waals surface area contributed by atoms with Crippen LogP contribution in [0.3, 0.4) is 0 Å². The Hall–Kier alpha value is -2.34. The minimum absolute atomic E-state index is 0. The van der Waals surface area contributed by atoms with E-state index >= 15 is 0 Å². The zero-order chi connectivity index (χ0) is 19.3. The van der Waals surface area contributed by atoms with Gasteiger partial charge < -0.3 is 35.8 Å². The Morgan fingerprint density at radius 3 is 2.68 bits per heavy atom. The van der Waals surface area contributed by atoms with Gasteiger partial charge in [-0.15, -0.1) is 0 Å². The summed E-state index contributed by atoms with van der Waals surface area (Å²) >= 11 is 5.65. The molecular formula is C17H18ClFN4O5. The van der Waals surface area contributed by atoms with E-state index in [0.717, 1.165) is 6.07 Å². The number of hydrogen-bond acceptors (Lipinski definition) is 7. The predicted molar refractivity (Wildman–Crippen MR) is 97.8 cm³/mol. The van der Waals surface area contributed by atoms with Crippen LogP contribution in [0.25, 0.3) is 11.0 Å². The number of nitrogen functional groups attached to an aromatic ring is 1. The summed E-state index contributed by atoms with van der Waals surface area (Å²) in [5, 5.41) is 31.8. The lowest BCUT2D eigenvalue weighted by Gasteiger charge is -2.21. The van der Waals surface area contributed by atoms with Gasteiger partial charge in [0.15, 0.2) is 6.23 Å². The van der Waals surface area contributed by atoms with E-state index in [2.05, 4.69) is 9.97 Å².